The van der Waals surface area contributed by atoms with Crippen LogP contribution in [0, 0.1) is 0 Å². The Morgan fingerprint density at radius 2 is 1.97 bits per heavy atom. The summed E-state index contributed by atoms with van der Waals surface area (Å²) < 4.78 is 7.28. The molecule has 0 fully saturated rings. The van der Waals surface area contributed by atoms with Gasteiger partial charge in [-0.05, 0) is 30.3 Å². The number of imidazole rings is 1. The zero-order chi connectivity index (χ0) is 22.5. The molecule has 166 valence electrons. The summed E-state index contributed by atoms with van der Waals surface area (Å²) in [5.74, 6) is 0. The molecule has 0 spiro atoms. The van der Waals surface area contributed by atoms with Gasteiger partial charge in [-0.1, -0.05) is 41.4 Å². The lowest BCUT2D eigenvalue weighted by molar-refractivity contribution is 0.155. The smallest absolute Gasteiger partial charge is 0.321 e. The van der Waals surface area contributed by atoms with Crippen LogP contribution in [0.1, 0.15) is 5.69 Å². The lowest BCUT2D eigenvalue weighted by Crippen LogP contribution is -2.38. The zero-order valence-electron chi connectivity index (χ0n) is 17.4. The number of nitrogens with one attached hydrogen (secondary N) is 1. The zero-order valence-corrected chi connectivity index (χ0v) is 19.8. The molecule has 32 heavy (non-hydrogen) atoms. The van der Waals surface area contributed by atoms with Crippen molar-refractivity contribution in [1.82, 2.24) is 14.3 Å². The van der Waals surface area contributed by atoms with Crippen molar-refractivity contribution in [1.29, 1.82) is 0 Å². The van der Waals surface area contributed by atoms with Crippen LogP contribution in [-0.2, 0) is 11.2 Å². The highest BCUT2D eigenvalue weighted by Crippen LogP contribution is 2.25. The summed E-state index contributed by atoms with van der Waals surface area (Å²) in [7, 11) is 1.62. The number of ether oxygens (including phenoxy) is 1. The van der Waals surface area contributed by atoms with Gasteiger partial charge < -0.3 is 15.0 Å². The Hall–Kier alpha value is -2.58. The Bertz CT molecular complexity index is 1210. The van der Waals surface area contributed by atoms with Gasteiger partial charge in [0.1, 0.15) is 0 Å². The normalized spacial score (nSPS) is 11.1. The second-order valence-electron chi connectivity index (χ2n) is 7.18. The van der Waals surface area contributed by atoms with Gasteiger partial charge in [-0.2, -0.15) is 0 Å². The van der Waals surface area contributed by atoms with E-state index in [4.69, 9.17) is 32.9 Å². The van der Waals surface area contributed by atoms with E-state index in [0.717, 1.165) is 21.9 Å². The molecular weight excluding hydrogens is 467 g/mol. The van der Waals surface area contributed by atoms with Gasteiger partial charge in [0.25, 0.3) is 0 Å². The highest BCUT2D eigenvalue weighted by Gasteiger charge is 2.16. The number of benzene rings is 2. The van der Waals surface area contributed by atoms with E-state index in [2.05, 4.69) is 15.1 Å². The number of methoxy groups -OCH3 is 1. The molecule has 4 aromatic rings. The van der Waals surface area contributed by atoms with Crippen LogP contribution in [0.2, 0.25) is 10.0 Å². The molecule has 0 atom stereocenters. The van der Waals surface area contributed by atoms with Crippen LogP contribution in [0.15, 0.2) is 60.1 Å². The molecule has 2 amide bonds. The number of anilines is 1. The molecule has 2 aromatic carbocycles. The van der Waals surface area contributed by atoms with Crippen molar-refractivity contribution < 1.29 is 9.53 Å². The third-order valence-electron chi connectivity index (χ3n) is 4.99. The fourth-order valence-electron chi connectivity index (χ4n) is 3.30. The number of hydrogen-bond acceptors (Lipinski definition) is 4. The van der Waals surface area contributed by atoms with E-state index in [-0.39, 0.29) is 6.03 Å². The molecular formula is C23H22Cl2N4O2S. The van der Waals surface area contributed by atoms with E-state index in [1.807, 2.05) is 36.5 Å². The first kappa shape index (κ1) is 22.6. The van der Waals surface area contributed by atoms with E-state index in [9.17, 15) is 4.79 Å². The number of carbonyl (C=O) groups excluding carboxylic acids is 1. The molecule has 0 bridgehead atoms. The van der Waals surface area contributed by atoms with E-state index < -0.39 is 0 Å². The average molecular weight is 489 g/mol. The number of amides is 2. The maximum atomic E-state index is 12.9. The largest absolute Gasteiger partial charge is 0.383 e. The first-order chi connectivity index (χ1) is 15.5. The van der Waals surface area contributed by atoms with Crippen LogP contribution in [0.3, 0.4) is 0 Å². The van der Waals surface area contributed by atoms with Crippen LogP contribution in [-0.4, -0.2) is 47.1 Å². The summed E-state index contributed by atoms with van der Waals surface area (Å²) in [5.41, 5.74) is 3.66. The lowest BCUT2D eigenvalue weighted by Gasteiger charge is -2.22. The second-order valence-corrected chi connectivity index (χ2v) is 8.89. The highest BCUT2D eigenvalue weighted by atomic mass is 35.5. The van der Waals surface area contributed by atoms with Crippen LogP contribution in [0.4, 0.5) is 10.5 Å². The number of carbonyl (C=O) groups is 1. The van der Waals surface area contributed by atoms with Crippen molar-refractivity contribution in [2.24, 2.45) is 0 Å². The van der Waals surface area contributed by atoms with Crippen molar-refractivity contribution in [2.75, 3.05) is 32.1 Å². The number of aromatic nitrogens is 2. The van der Waals surface area contributed by atoms with Crippen molar-refractivity contribution >= 4 is 51.2 Å². The topological polar surface area (TPSA) is 58.9 Å². The third-order valence-corrected chi connectivity index (χ3v) is 6.37. The molecule has 0 saturated carbocycles. The van der Waals surface area contributed by atoms with Crippen molar-refractivity contribution in [2.45, 2.75) is 6.42 Å². The standard InChI is InChI=1S/C23H22Cl2N4O2S/c1-31-12-11-28(22(30)26-19-4-2-3-18(25)13-19)10-9-20-15-32-23-27-21(14-29(20)23)16-5-7-17(24)8-6-16/h2-8,13-15H,9-12H2,1H3,(H,26,30). The summed E-state index contributed by atoms with van der Waals surface area (Å²) in [6.45, 7) is 1.47. The molecule has 0 aliphatic carbocycles. The molecule has 0 aliphatic rings. The minimum absolute atomic E-state index is 0.191. The Morgan fingerprint density at radius 3 is 2.72 bits per heavy atom. The maximum absolute atomic E-state index is 12.9. The number of halogens is 2. The molecule has 2 heterocycles. The number of urea groups is 1. The predicted molar refractivity (Wildman–Crippen MR) is 131 cm³/mol. The van der Waals surface area contributed by atoms with Gasteiger partial charge in [-0.3, -0.25) is 4.40 Å². The minimum atomic E-state index is -0.191. The summed E-state index contributed by atoms with van der Waals surface area (Å²) in [6.07, 6.45) is 2.71. The van der Waals surface area contributed by atoms with Crippen molar-refractivity contribution in [3.05, 3.63) is 75.8 Å². The fraction of sp³-hybridized carbons (Fsp3) is 0.217. The SMILES string of the molecule is COCCN(CCc1csc2nc(-c3ccc(Cl)cc3)cn12)C(=O)Nc1cccc(Cl)c1. The number of rotatable bonds is 8. The lowest BCUT2D eigenvalue weighted by atomic mass is 10.2. The first-order valence-electron chi connectivity index (χ1n) is 10.1. The molecule has 0 unspecified atom stereocenters. The monoisotopic (exact) mass is 488 g/mol. The van der Waals surface area contributed by atoms with E-state index >= 15 is 0 Å². The molecule has 2 aromatic heterocycles. The molecule has 0 radical (unpaired) electrons. The van der Waals surface area contributed by atoms with Gasteiger partial charge in [0.15, 0.2) is 4.96 Å². The number of fused-ring (bicyclic) bond motifs is 1. The highest BCUT2D eigenvalue weighted by molar-refractivity contribution is 7.15. The van der Waals surface area contributed by atoms with Crippen LogP contribution in [0.25, 0.3) is 16.2 Å². The minimum Gasteiger partial charge on any atom is -0.383 e. The molecule has 4 rings (SSSR count). The molecule has 6 nitrogen and oxygen atoms in total. The van der Waals surface area contributed by atoms with Gasteiger partial charge >= 0.3 is 6.03 Å². The molecule has 1 N–H and O–H groups in total. The summed E-state index contributed by atoms with van der Waals surface area (Å²) >= 11 is 13.6. The average Bonchev–Trinajstić information content (AvgIpc) is 3.36. The van der Waals surface area contributed by atoms with Crippen LogP contribution in [0.5, 0.6) is 0 Å². The van der Waals surface area contributed by atoms with Crippen molar-refractivity contribution in [3.8, 4) is 11.3 Å². The molecule has 0 aliphatic heterocycles. The summed E-state index contributed by atoms with van der Waals surface area (Å²) in [4.78, 5) is 20.2. The summed E-state index contributed by atoms with van der Waals surface area (Å²) in [5, 5.41) is 6.26. The van der Waals surface area contributed by atoms with Crippen LogP contribution < -0.4 is 5.32 Å². The quantitative estimate of drug-likeness (QED) is 0.326. The maximum Gasteiger partial charge on any atom is 0.321 e. The Kier molecular flexibility index (Phi) is 7.32. The van der Waals surface area contributed by atoms with Crippen molar-refractivity contribution in [3.63, 3.8) is 0 Å². The molecule has 9 heteroatoms. The van der Waals surface area contributed by atoms with E-state index in [1.165, 1.54) is 0 Å². The number of thiazole rings is 1. The predicted octanol–water partition coefficient (Wildman–Crippen LogP) is 6.09. The van der Waals surface area contributed by atoms with E-state index in [1.54, 1.807) is 41.5 Å². The van der Waals surface area contributed by atoms with Crippen LogP contribution >= 0.6 is 34.5 Å². The number of nitrogens with zero attached hydrogens (tertiary/aromatic N) is 3. The first-order valence-corrected chi connectivity index (χ1v) is 11.7. The Balaban J connectivity index is 1.47. The van der Waals surface area contributed by atoms with Gasteiger partial charge in [0.05, 0.1) is 12.3 Å². The van der Waals surface area contributed by atoms with Gasteiger partial charge in [-0.15, -0.1) is 11.3 Å². The Labute approximate surface area is 200 Å². The summed E-state index contributed by atoms with van der Waals surface area (Å²) in [6, 6.07) is 14.5. The molecule has 0 saturated heterocycles. The number of hydrogen-bond donors (Lipinski definition) is 1. The van der Waals surface area contributed by atoms with Gasteiger partial charge in [0, 0.05) is 65.2 Å². The van der Waals surface area contributed by atoms with E-state index in [0.29, 0.717) is 41.8 Å². The van der Waals surface area contributed by atoms with Gasteiger partial charge in [-0.25, -0.2) is 9.78 Å². The Morgan fingerprint density at radius 1 is 1.16 bits per heavy atom. The fourth-order valence-corrected chi connectivity index (χ4v) is 4.53. The van der Waals surface area contributed by atoms with Gasteiger partial charge in [0.2, 0.25) is 0 Å². The second kappa shape index (κ2) is 10.4. The third kappa shape index (κ3) is 5.42.